The van der Waals surface area contributed by atoms with Crippen LogP contribution in [0.5, 0.6) is 0 Å². The number of hydrogen-bond acceptors (Lipinski definition) is 1. The molecule has 120 valence electrons. The summed E-state index contributed by atoms with van der Waals surface area (Å²) in [5.41, 5.74) is 7.53. The zero-order valence-corrected chi connectivity index (χ0v) is 15.6. The zero-order chi connectivity index (χ0) is 16.7. The smallest absolute Gasteiger partial charge is 0.0937 e. The van der Waals surface area contributed by atoms with E-state index in [2.05, 4.69) is 55.5 Å². The first-order chi connectivity index (χ1) is 11.6. The number of hydrogen-bond donors (Lipinski definition) is 0. The lowest BCUT2D eigenvalue weighted by Gasteiger charge is -2.11. The van der Waals surface area contributed by atoms with Crippen molar-refractivity contribution >= 4 is 46.2 Å². The minimum atomic E-state index is 0.798. The maximum absolute atomic E-state index is 6.32. The van der Waals surface area contributed by atoms with Crippen molar-refractivity contribution in [2.45, 2.75) is 19.8 Å². The summed E-state index contributed by atoms with van der Waals surface area (Å²) in [7, 11) is 0. The molecule has 0 N–H and O–H groups in total. The Morgan fingerprint density at radius 1 is 0.958 bits per heavy atom. The van der Waals surface area contributed by atoms with Crippen molar-refractivity contribution < 1.29 is 0 Å². The van der Waals surface area contributed by atoms with Gasteiger partial charge in [-0.2, -0.15) is 0 Å². The van der Waals surface area contributed by atoms with Crippen LogP contribution in [0.15, 0.2) is 48.5 Å². The predicted octanol–water partition coefficient (Wildman–Crippen LogP) is 7.05. The van der Waals surface area contributed by atoms with Gasteiger partial charge in [0.1, 0.15) is 0 Å². The van der Waals surface area contributed by atoms with Crippen molar-refractivity contribution in [3.8, 4) is 0 Å². The normalized spacial score (nSPS) is 15.0. The average molecular weight is 371 g/mol. The van der Waals surface area contributed by atoms with E-state index < -0.39 is 0 Å². The van der Waals surface area contributed by atoms with E-state index in [0.29, 0.717) is 0 Å². The highest BCUT2D eigenvalue weighted by Gasteiger charge is 2.21. The van der Waals surface area contributed by atoms with Crippen LogP contribution < -0.4 is 0 Å². The number of thiophene rings is 1. The van der Waals surface area contributed by atoms with E-state index in [4.69, 9.17) is 23.2 Å². The van der Waals surface area contributed by atoms with Gasteiger partial charge in [0, 0.05) is 9.90 Å². The maximum Gasteiger partial charge on any atom is 0.0937 e. The predicted molar refractivity (Wildman–Crippen MR) is 106 cm³/mol. The fourth-order valence-corrected chi connectivity index (χ4v) is 4.80. The highest BCUT2D eigenvalue weighted by molar-refractivity contribution is 7.16. The van der Waals surface area contributed by atoms with E-state index in [9.17, 15) is 0 Å². The molecule has 0 spiro atoms. The molecule has 2 aromatic carbocycles. The minimum absolute atomic E-state index is 0.798. The van der Waals surface area contributed by atoms with Crippen molar-refractivity contribution in [3.05, 3.63) is 90.6 Å². The molecular weight excluding hydrogens is 355 g/mol. The second-order valence-corrected chi connectivity index (χ2v) is 8.37. The van der Waals surface area contributed by atoms with Crippen molar-refractivity contribution in [1.82, 2.24) is 0 Å². The van der Waals surface area contributed by atoms with Crippen LogP contribution >= 0.6 is 34.5 Å². The van der Waals surface area contributed by atoms with E-state index in [1.165, 1.54) is 38.3 Å². The molecule has 1 heterocycles. The third kappa shape index (κ3) is 3.04. The third-order valence-corrected chi connectivity index (χ3v) is 5.96. The number of fused-ring (bicyclic) bond motifs is 2. The largest absolute Gasteiger partial charge is 0.128 e. The molecular formula is C21H16Cl2S. The van der Waals surface area contributed by atoms with Crippen molar-refractivity contribution in [3.63, 3.8) is 0 Å². The van der Waals surface area contributed by atoms with E-state index in [1.54, 1.807) is 11.3 Å². The Kier molecular flexibility index (Phi) is 4.26. The molecule has 0 unspecified atom stereocenters. The summed E-state index contributed by atoms with van der Waals surface area (Å²) in [4.78, 5) is 1.35. The Labute approximate surface area is 156 Å². The Morgan fingerprint density at radius 3 is 2.67 bits per heavy atom. The van der Waals surface area contributed by atoms with E-state index in [-0.39, 0.29) is 0 Å². The molecule has 0 saturated carbocycles. The van der Waals surface area contributed by atoms with Gasteiger partial charge in [-0.3, -0.25) is 0 Å². The molecule has 1 aliphatic carbocycles. The van der Waals surface area contributed by atoms with Gasteiger partial charge >= 0.3 is 0 Å². The van der Waals surface area contributed by atoms with Crippen LogP contribution in [0.3, 0.4) is 0 Å². The van der Waals surface area contributed by atoms with Gasteiger partial charge in [0.15, 0.2) is 0 Å². The molecule has 24 heavy (non-hydrogen) atoms. The Balaban J connectivity index is 1.96. The van der Waals surface area contributed by atoms with Crippen molar-refractivity contribution in [1.29, 1.82) is 0 Å². The monoisotopic (exact) mass is 370 g/mol. The molecule has 0 fully saturated rings. The minimum Gasteiger partial charge on any atom is -0.128 e. The molecule has 0 radical (unpaired) electrons. The first-order valence-corrected chi connectivity index (χ1v) is 9.53. The Hall–Kier alpha value is -1.54. The van der Waals surface area contributed by atoms with Crippen LogP contribution in [0.1, 0.15) is 32.7 Å². The highest BCUT2D eigenvalue weighted by Crippen LogP contribution is 2.41. The van der Waals surface area contributed by atoms with Gasteiger partial charge in [-0.1, -0.05) is 59.1 Å². The van der Waals surface area contributed by atoms with Gasteiger partial charge in [-0.25, -0.2) is 0 Å². The second-order valence-electron chi connectivity index (χ2n) is 6.16. The third-order valence-electron chi connectivity index (χ3n) is 4.40. The lowest BCUT2D eigenvalue weighted by Crippen LogP contribution is -1.92. The molecule has 0 amide bonds. The summed E-state index contributed by atoms with van der Waals surface area (Å²) in [6, 6.07) is 16.9. The molecule has 1 aliphatic rings. The van der Waals surface area contributed by atoms with Crippen LogP contribution in [-0.2, 0) is 12.8 Å². The van der Waals surface area contributed by atoms with Gasteiger partial charge in [-0.05, 0) is 71.9 Å². The van der Waals surface area contributed by atoms with E-state index >= 15 is 0 Å². The van der Waals surface area contributed by atoms with Gasteiger partial charge in [-0.15, -0.1) is 11.3 Å². The zero-order valence-electron chi connectivity index (χ0n) is 13.3. The molecule has 3 aromatic rings. The molecule has 1 aromatic heterocycles. The first kappa shape index (κ1) is 16.0. The van der Waals surface area contributed by atoms with E-state index in [1.807, 2.05) is 6.07 Å². The van der Waals surface area contributed by atoms with Crippen LogP contribution in [0, 0.1) is 6.92 Å². The summed E-state index contributed by atoms with van der Waals surface area (Å²) < 4.78 is 0.854. The fraction of sp³-hybridized carbons (Fsp3) is 0.143. The number of halogens is 2. The number of benzene rings is 2. The summed E-state index contributed by atoms with van der Waals surface area (Å²) in [5.74, 6) is 0. The van der Waals surface area contributed by atoms with Crippen LogP contribution in [0.2, 0.25) is 9.36 Å². The van der Waals surface area contributed by atoms with Gasteiger partial charge < -0.3 is 0 Å². The quantitative estimate of drug-likeness (QED) is 0.430. The number of aryl methyl sites for hydroxylation is 3. The van der Waals surface area contributed by atoms with Crippen LogP contribution in [0.25, 0.3) is 11.6 Å². The standard InChI is InChI=1S/C21H16Cl2S/c1-13-3-2-4-14(9-13)10-18-17-7-6-16(22)11-15(17)5-8-20-19(18)12-21(23)24-20/h2-4,6-7,9-12H,5,8H2,1H3/b18-10+. The summed E-state index contributed by atoms with van der Waals surface area (Å²) in [6.07, 6.45) is 4.27. The van der Waals surface area contributed by atoms with Gasteiger partial charge in [0.25, 0.3) is 0 Å². The van der Waals surface area contributed by atoms with Crippen molar-refractivity contribution in [2.75, 3.05) is 0 Å². The van der Waals surface area contributed by atoms with Crippen molar-refractivity contribution in [2.24, 2.45) is 0 Å². The molecule has 3 heteroatoms. The topological polar surface area (TPSA) is 0 Å². The maximum atomic E-state index is 6.32. The Morgan fingerprint density at radius 2 is 1.83 bits per heavy atom. The molecule has 4 rings (SSSR count). The second kappa shape index (κ2) is 6.40. The lowest BCUT2D eigenvalue weighted by molar-refractivity contribution is 0.985. The van der Waals surface area contributed by atoms with E-state index in [0.717, 1.165) is 22.2 Å². The molecule has 0 atom stereocenters. The SMILES string of the molecule is Cc1cccc(/C=C2\c3ccc(Cl)cc3CCc3sc(Cl)cc32)c1. The molecule has 0 aliphatic heterocycles. The molecule has 0 nitrogen and oxygen atoms in total. The first-order valence-electron chi connectivity index (χ1n) is 7.96. The lowest BCUT2D eigenvalue weighted by atomic mass is 9.94. The molecule has 0 bridgehead atoms. The Bertz CT molecular complexity index is 950. The summed E-state index contributed by atoms with van der Waals surface area (Å²) in [6.45, 7) is 2.12. The molecule has 0 saturated heterocycles. The van der Waals surface area contributed by atoms with Gasteiger partial charge in [0.05, 0.1) is 4.34 Å². The highest BCUT2D eigenvalue weighted by atomic mass is 35.5. The average Bonchev–Trinajstić information content (AvgIpc) is 2.86. The number of rotatable bonds is 1. The van der Waals surface area contributed by atoms with Crippen LogP contribution in [-0.4, -0.2) is 0 Å². The van der Waals surface area contributed by atoms with Gasteiger partial charge in [0.2, 0.25) is 0 Å². The summed E-state index contributed by atoms with van der Waals surface area (Å²) in [5, 5.41) is 0.798. The van der Waals surface area contributed by atoms with Crippen LogP contribution in [0.4, 0.5) is 0 Å². The fourth-order valence-electron chi connectivity index (χ4n) is 3.32. The summed E-state index contributed by atoms with van der Waals surface area (Å²) >= 11 is 14.2.